The summed E-state index contributed by atoms with van der Waals surface area (Å²) in [6, 6.07) is 6.49. The summed E-state index contributed by atoms with van der Waals surface area (Å²) in [5, 5.41) is 1.07. The van der Waals surface area contributed by atoms with E-state index in [9.17, 15) is 13.2 Å². The molecule has 25 heavy (non-hydrogen) atoms. The molecule has 1 aliphatic heterocycles. The number of hydrogen-bond donors (Lipinski definition) is 1. The van der Waals surface area contributed by atoms with Gasteiger partial charge in [-0.25, -0.2) is 0 Å². The number of hydrogen-bond acceptors (Lipinski definition) is 2. The number of pyridine rings is 1. The smallest absolute Gasteiger partial charge is 0.357 e. The third-order valence-corrected chi connectivity index (χ3v) is 5.07. The van der Waals surface area contributed by atoms with Gasteiger partial charge in [-0.15, -0.1) is 0 Å². The highest BCUT2D eigenvalue weighted by Gasteiger charge is 2.33. The van der Waals surface area contributed by atoms with E-state index in [4.69, 9.17) is 4.98 Å². The van der Waals surface area contributed by atoms with Crippen molar-refractivity contribution in [1.82, 2.24) is 14.9 Å². The van der Waals surface area contributed by atoms with Crippen LogP contribution in [0.4, 0.5) is 13.2 Å². The molecule has 1 fully saturated rings. The first kappa shape index (κ1) is 16.4. The summed E-state index contributed by atoms with van der Waals surface area (Å²) < 4.78 is 40.2. The third kappa shape index (κ3) is 2.88. The number of H-pyrrole nitrogens is 1. The fraction of sp³-hybridized carbons (Fsp3) is 0.421. The van der Waals surface area contributed by atoms with Crippen LogP contribution in [0.2, 0.25) is 0 Å². The molecule has 2 aromatic heterocycles. The van der Waals surface area contributed by atoms with E-state index in [0.29, 0.717) is 22.6 Å². The zero-order chi connectivity index (χ0) is 17.8. The standard InChI is InChI=1S/C19H20F3N3/c1-11-8-15(19(20,21)22)14-6-5-12-9-16(24-17(12)18(14)23-11)13-4-3-7-25(2)10-13/h5-6,8-9,13,23H,3-4,7,10H2,1-2H3. The van der Waals surface area contributed by atoms with E-state index >= 15 is 0 Å². The number of nitrogens with zero attached hydrogens (tertiary/aromatic N) is 2. The molecule has 4 rings (SSSR count). The Hall–Kier alpha value is -2.08. The molecule has 0 bridgehead atoms. The van der Waals surface area contributed by atoms with E-state index in [1.165, 1.54) is 0 Å². The Morgan fingerprint density at radius 2 is 2.04 bits per heavy atom. The maximum absolute atomic E-state index is 13.4. The average molecular weight is 347 g/mol. The van der Waals surface area contributed by atoms with Crippen molar-refractivity contribution >= 4 is 21.8 Å². The Bertz CT molecular complexity index is 942. The van der Waals surface area contributed by atoms with E-state index < -0.39 is 11.7 Å². The van der Waals surface area contributed by atoms with Gasteiger partial charge in [-0.1, -0.05) is 12.1 Å². The van der Waals surface area contributed by atoms with Crippen LogP contribution in [0.15, 0.2) is 24.3 Å². The molecule has 1 unspecified atom stereocenters. The molecule has 1 atom stereocenters. The van der Waals surface area contributed by atoms with Gasteiger partial charge in [0.25, 0.3) is 0 Å². The first-order valence-electron chi connectivity index (χ1n) is 8.51. The van der Waals surface area contributed by atoms with Crippen LogP contribution in [-0.2, 0) is 6.18 Å². The van der Waals surface area contributed by atoms with E-state index in [-0.39, 0.29) is 5.39 Å². The van der Waals surface area contributed by atoms with Crippen molar-refractivity contribution in [3.8, 4) is 0 Å². The molecule has 132 valence electrons. The summed E-state index contributed by atoms with van der Waals surface area (Å²) >= 11 is 0. The Kier molecular flexibility index (Phi) is 3.76. The van der Waals surface area contributed by atoms with Gasteiger partial charge in [0.15, 0.2) is 0 Å². The van der Waals surface area contributed by atoms with Gasteiger partial charge in [0.2, 0.25) is 0 Å². The Labute approximate surface area is 143 Å². The molecular formula is C19H20F3N3. The molecule has 3 nitrogen and oxygen atoms in total. The fourth-order valence-electron chi connectivity index (χ4n) is 3.89. The minimum Gasteiger partial charge on any atom is -0.357 e. The highest BCUT2D eigenvalue weighted by atomic mass is 19.4. The minimum atomic E-state index is -4.38. The van der Waals surface area contributed by atoms with E-state index in [0.717, 1.165) is 43.1 Å². The molecule has 0 aliphatic carbocycles. The summed E-state index contributed by atoms with van der Waals surface area (Å²) in [6.07, 6.45) is -2.19. The van der Waals surface area contributed by atoms with Gasteiger partial charge in [0.1, 0.15) is 0 Å². The lowest BCUT2D eigenvalue weighted by Gasteiger charge is -2.28. The Morgan fingerprint density at radius 3 is 2.76 bits per heavy atom. The zero-order valence-corrected chi connectivity index (χ0v) is 14.2. The normalized spacial score (nSPS) is 19.8. The molecule has 1 N–H and O–H groups in total. The number of aromatic amines is 1. The van der Waals surface area contributed by atoms with Crippen LogP contribution < -0.4 is 0 Å². The van der Waals surface area contributed by atoms with Gasteiger partial charge < -0.3 is 9.88 Å². The van der Waals surface area contributed by atoms with Gasteiger partial charge >= 0.3 is 6.18 Å². The monoisotopic (exact) mass is 347 g/mol. The van der Waals surface area contributed by atoms with Crippen LogP contribution in [0.25, 0.3) is 21.8 Å². The van der Waals surface area contributed by atoms with Gasteiger partial charge in [0.05, 0.1) is 16.6 Å². The lowest BCUT2D eigenvalue weighted by Crippen LogP contribution is -2.30. The van der Waals surface area contributed by atoms with Gasteiger partial charge in [0, 0.05) is 34.6 Å². The van der Waals surface area contributed by atoms with Crippen molar-refractivity contribution in [2.75, 3.05) is 20.1 Å². The van der Waals surface area contributed by atoms with Crippen LogP contribution in [0.1, 0.15) is 35.7 Å². The summed E-state index contributed by atoms with van der Waals surface area (Å²) in [5.74, 6) is 0.341. The van der Waals surface area contributed by atoms with Crippen molar-refractivity contribution in [1.29, 1.82) is 0 Å². The molecular weight excluding hydrogens is 327 g/mol. The molecule has 6 heteroatoms. The molecule has 0 radical (unpaired) electrons. The second-order valence-corrected chi connectivity index (χ2v) is 7.07. The predicted octanol–water partition coefficient (Wildman–Crippen LogP) is 4.85. The number of aromatic nitrogens is 2. The van der Waals surface area contributed by atoms with Crippen molar-refractivity contribution in [3.05, 3.63) is 41.2 Å². The van der Waals surface area contributed by atoms with E-state index in [2.05, 4.69) is 16.9 Å². The van der Waals surface area contributed by atoms with Crippen LogP contribution in [0, 0.1) is 6.92 Å². The van der Waals surface area contributed by atoms with Gasteiger partial charge in [-0.2, -0.15) is 13.2 Å². The number of piperidine rings is 1. The largest absolute Gasteiger partial charge is 0.417 e. The summed E-state index contributed by atoms with van der Waals surface area (Å²) in [7, 11) is 2.09. The molecule has 0 amide bonds. The van der Waals surface area contributed by atoms with E-state index in [1.807, 2.05) is 6.07 Å². The summed E-state index contributed by atoms with van der Waals surface area (Å²) in [4.78, 5) is 10.1. The molecule has 1 aromatic carbocycles. The lowest BCUT2D eigenvalue weighted by molar-refractivity contribution is -0.136. The zero-order valence-electron chi connectivity index (χ0n) is 14.2. The predicted molar refractivity (Wildman–Crippen MR) is 92.8 cm³/mol. The van der Waals surface area contributed by atoms with Crippen LogP contribution >= 0.6 is 0 Å². The highest BCUT2D eigenvalue weighted by molar-refractivity contribution is 6.04. The lowest BCUT2D eigenvalue weighted by atomic mass is 9.95. The number of alkyl halides is 3. The van der Waals surface area contributed by atoms with Crippen LogP contribution in [-0.4, -0.2) is 35.0 Å². The second kappa shape index (κ2) is 5.73. The SMILES string of the molecule is Cc1cc(C(F)(F)F)c2ccc3cc(C4CCCN(C)C4)nc3c2[nH]1. The summed E-state index contributed by atoms with van der Waals surface area (Å²) in [5.41, 5.74) is 1.96. The fourth-order valence-corrected chi connectivity index (χ4v) is 3.89. The van der Waals surface area contributed by atoms with Crippen LogP contribution in [0.3, 0.4) is 0 Å². The van der Waals surface area contributed by atoms with Crippen molar-refractivity contribution in [2.45, 2.75) is 31.9 Å². The number of likely N-dealkylation sites (tertiary alicyclic amines) is 1. The first-order chi connectivity index (χ1) is 11.8. The quantitative estimate of drug-likeness (QED) is 0.682. The molecule has 3 heterocycles. The minimum absolute atomic E-state index is 0.177. The molecule has 0 spiro atoms. The number of nitrogens with one attached hydrogen (secondary N) is 1. The molecule has 1 aliphatic rings. The average Bonchev–Trinajstić information content (AvgIpc) is 2.98. The topological polar surface area (TPSA) is 31.9 Å². The Balaban J connectivity index is 1.90. The molecule has 1 saturated heterocycles. The summed E-state index contributed by atoms with van der Waals surface area (Å²) in [6.45, 7) is 3.67. The number of aryl methyl sites for hydroxylation is 1. The van der Waals surface area contributed by atoms with E-state index in [1.54, 1.807) is 19.1 Å². The maximum Gasteiger partial charge on any atom is 0.417 e. The van der Waals surface area contributed by atoms with Crippen LogP contribution in [0.5, 0.6) is 0 Å². The third-order valence-electron chi connectivity index (χ3n) is 5.07. The van der Waals surface area contributed by atoms with Crippen molar-refractivity contribution in [2.24, 2.45) is 0 Å². The Morgan fingerprint density at radius 1 is 1.24 bits per heavy atom. The number of benzene rings is 1. The number of likely N-dealkylation sites (N-methyl/N-ethyl adjacent to an activating group) is 1. The van der Waals surface area contributed by atoms with Gasteiger partial charge in [-0.3, -0.25) is 4.98 Å². The van der Waals surface area contributed by atoms with Crippen molar-refractivity contribution < 1.29 is 13.2 Å². The highest BCUT2D eigenvalue weighted by Crippen LogP contribution is 2.38. The van der Waals surface area contributed by atoms with Gasteiger partial charge in [-0.05, 0) is 45.5 Å². The number of rotatable bonds is 1. The number of halogens is 3. The first-order valence-corrected chi connectivity index (χ1v) is 8.51. The second-order valence-electron chi connectivity index (χ2n) is 7.07. The molecule has 3 aromatic rings. The maximum atomic E-state index is 13.4. The number of fused-ring (bicyclic) bond motifs is 3. The van der Waals surface area contributed by atoms with Crippen molar-refractivity contribution in [3.63, 3.8) is 0 Å². The molecule has 0 saturated carbocycles.